The largest absolute Gasteiger partial charge is 0.315 e. The first-order chi connectivity index (χ1) is 6.77. The highest BCUT2D eigenvalue weighted by atomic mass is 15.1. The molecule has 3 atom stereocenters. The summed E-state index contributed by atoms with van der Waals surface area (Å²) < 4.78 is 0. The Morgan fingerprint density at radius 1 is 1.36 bits per heavy atom. The zero-order valence-electron chi connectivity index (χ0n) is 9.77. The number of hydrogen-bond donors (Lipinski definition) is 2. The lowest BCUT2D eigenvalue weighted by atomic mass is 9.92. The van der Waals surface area contributed by atoms with Crippen molar-refractivity contribution in [1.82, 2.24) is 10.6 Å². The maximum absolute atomic E-state index is 4.01. The first kappa shape index (κ1) is 11.7. The van der Waals surface area contributed by atoms with Gasteiger partial charge in [0.05, 0.1) is 0 Å². The van der Waals surface area contributed by atoms with Gasteiger partial charge in [-0.3, -0.25) is 0 Å². The molecule has 82 valence electrons. The minimum absolute atomic E-state index is 0.583. The molecule has 0 aromatic heterocycles. The van der Waals surface area contributed by atoms with Gasteiger partial charge in [0.15, 0.2) is 0 Å². The predicted molar refractivity (Wildman–Crippen MR) is 62.5 cm³/mol. The Bertz CT molecular complexity index is 175. The second kappa shape index (κ2) is 5.52. The molecule has 2 N–H and O–H groups in total. The second-order valence-electron chi connectivity index (χ2n) is 4.16. The third-order valence-corrected chi connectivity index (χ3v) is 3.17. The van der Waals surface area contributed by atoms with Crippen molar-refractivity contribution >= 4 is 0 Å². The van der Waals surface area contributed by atoms with Crippen LogP contribution in [0.15, 0.2) is 12.2 Å². The van der Waals surface area contributed by atoms with E-state index in [0.29, 0.717) is 12.1 Å². The summed E-state index contributed by atoms with van der Waals surface area (Å²) in [5.41, 5.74) is 1.30. The van der Waals surface area contributed by atoms with Gasteiger partial charge in [0.1, 0.15) is 0 Å². The quantitative estimate of drug-likeness (QED) is 0.626. The van der Waals surface area contributed by atoms with Crippen molar-refractivity contribution in [1.29, 1.82) is 0 Å². The highest BCUT2D eigenvalue weighted by Crippen LogP contribution is 2.27. The minimum Gasteiger partial charge on any atom is -0.315 e. The zero-order chi connectivity index (χ0) is 10.6. The molecule has 0 spiro atoms. The van der Waals surface area contributed by atoms with Gasteiger partial charge in [-0.2, -0.15) is 0 Å². The molecule has 0 amide bonds. The highest BCUT2D eigenvalue weighted by Gasteiger charge is 2.34. The standard InChI is InChI=1S/C10H18N2.C2H6/c1-7(2)9-5-8-3-4-11-6-10(8)12-9;1-2/h8-12H,1,3-6H2,2H3;1-2H3. The van der Waals surface area contributed by atoms with Gasteiger partial charge in [-0.05, 0) is 32.2 Å². The SMILES string of the molecule is C=C(C)C1CC2CCNCC2N1.CC. The van der Waals surface area contributed by atoms with Crippen molar-refractivity contribution in [2.24, 2.45) is 5.92 Å². The monoisotopic (exact) mass is 196 g/mol. The predicted octanol–water partition coefficient (Wildman–Crippen LogP) is 1.93. The first-order valence-corrected chi connectivity index (χ1v) is 5.89. The molecule has 0 saturated carbocycles. The maximum Gasteiger partial charge on any atom is 0.0280 e. The lowest BCUT2D eigenvalue weighted by molar-refractivity contribution is 0.343. The van der Waals surface area contributed by atoms with Gasteiger partial charge in [0.25, 0.3) is 0 Å². The van der Waals surface area contributed by atoms with Crippen molar-refractivity contribution in [3.8, 4) is 0 Å². The van der Waals surface area contributed by atoms with Crippen molar-refractivity contribution in [3.05, 3.63) is 12.2 Å². The van der Waals surface area contributed by atoms with Gasteiger partial charge in [0.2, 0.25) is 0 Å². The molecular formula is C12H24N2. The highest BCUT2D eigenvalue weighted by molar-refractivity contribution is 5.09. The van der Waals surface area contributed by atoms with Gasteiger partial charge in [-0.1, -0.05) is 26.0 Å². The normalized spacial score (nSPS) is 35.5. The average Bonchev–Trinajstić information content (AvgIpc) is 2.64. The number of nitrogens with one attached hydrogen (secondary N) is 2. The summed E-state index contributed by atoms with van der Waals surface area (Å²) in [6.45, 7) is 12.5. The average molecular weight is 196 g/mol. The van der Waals surface area contributed by atoms with E-state index in [1.165, 1.54) is 25.0 Å². The van der Waals surface area contributed by atoms with E-state index < -0.39 is 0 Å². The van der Waals surface area contributed by atoms with Crippen LogP contribution in [0, 0.1) is 5.92 Å². The molecule has 0 aliphatic carbocycles. The van der Waals surface area contributed by atoms with Gasteiger partial charge in [-0.25, -0.2) is 0 Å². The van der Waals surface area contributed by atoms with Crippen LogP contribution in [-0.4, -0.2) is 25.2 Å². The van der Waals surface area contributed by atoms with Crippen molar-refractivity contribution in [2.75, 3.05) is 13.1 Å². The van der Waals surface area contributed by atoms with Crippen molar-refractivity contribution in [3.63, 3.8) is 0 Å². The molecule has 2 aliphatic heterocycles. The first-order valence-electron chi connectivity index (χ1n) is 5.89. The van der Waals surface area contributed by atoms with Crippen LogP contribution in [0.2, 0.25) is 0 Å². The molecule has 2 saturated heterocycles. The van der Waals surface area contributed by atoms with E-state index in [1.807, 2.05) is 13.8 Å². The number of hydrogen-bond acceptors (Lipinski definition) is 2. The van der Waals surface area contributed by atoms with E-state index >= 15 is 0 Å². The molecule has 2 nitrogen and oxygen atoms in total. The molecule has 0 aromatic rings. The fraction of sp³-hybridized carbons (Fsp3) is 0.833. The maximum atomic E-state index is 4.01. The lowest BCUT2D eigenvalue weighted by Crippen LogP contribution is -2.44. The van der Waals surface area contributed by atoms with E-state index in [-0.39, 0.29) is 0 Å². The van der Waals surface area contributed by atoms with Gasteiger partial charge < -0.3 is 10.6 Å². The Labute approximate surface area is 88.2 Å². The smallest absolute Gasteiger partial charge is 0.0280 e. The van der Waals surface area contributed by atoms with Crippen LogP contribution in [-0.2, 0) is 0 Å². The summed E-state index contributed by atoms with van der Waals surface area (Å²) in [7, 11) is 0. The number of rotatable bonds is 1. The third kappa shape index (κ3) is 2.58. The van der Waals surface area contributed by atoms with Gasteiger partial charge in [-0.15, -0.1) is 0 Å². The van der Waals surface area contributed by atoms with Crippen LogP contribution in [0.1, 0.15) is 33.6 Å². The molecular weight excluding hydrogens is 172 g/mol. The molecule has 0 aromatic carbocycles. The van der Waals surface area contributed by atoms with E-state index in [9.17, 15) is 0 Å². The fourth-order valence-corrected chi connectivity index (χ4v) is 2.36. The lowest BCUT2D eigenvalue weighted by Gasteiger charge is -2.25. The molecule has 2 rings (SSSR count). The molecule has 3 unspecified atom stereocenters. The zero-order valence-corrected chi connectivity index (χ0v) is 9.77. The topological polar surface area (TPSA) is 24.1 Å². The Hall–Kier alpha value is -0.340. The molecule has 2 heteroatoms. The van der Waals surface area contributed by atoms with Crippen LogP contribution in [0.4, 0.5) is 0 Å². The van der Waals surface area contributed by atoms with Crippen LogP contribution in [0.3, 0.4) is 0 Å². The molecule has 2 fully saturated rings. The van der Waals surface area contributed by atoms with E-state index in [4.69, 9.17) is 0 Å². The Kier molecular flexibility index (Phi) is 4.63. The van der Waals surface area contributed by atoms with E-state index in [0.717, 1.165) is 12.5 Å². The molecule has 2 aliphatic rings. The van der Waals surface area contributed by atoms with Gasteiger partial charge in [0, 0.05) is 18.6 Å². The van der Waals surface area contributed by atoms with Crippen LogP contribution in [0.25, 0.3) is 0 Å². The Morgan fingerprint density at radius 3 is 2.64 bits per heavy atom. The summed E-state index contributed by atoms with van der Waals surface area (Å²) >= 11 is 0. The summed E-state index contributed by atoms with van der Waals surface area (Å²) in [5, 5.41) is 7.05. The second-order valence-corrected chi connectivity index (χ2v) is 4.16. The molecule has 14 heavy (non-hydrogen) atoms. The summed E-state index contributed by atoms with van der Waals surface area (Å²) in [5.74, 6) is 0.896. The van der Waals surface area contributed by atoms with Crippen LogP contribution >= 0.6 is 0 Å². The third-order valence-electron chi connectivity index (χ3n) is 3.17. The van der Waals surface area contributed by atoms with E-state index in [2.05, 4.69) is 24.1 Å². The number of fused-ring (bicyclic) bond motifs is 1. The fourth-order valence-electron chi connectivity index (χ4n) is 2.36. The molecule has 0 bridgehead atoms. The minimum atomic E-state index is 0.583. The summed E-state index contributed by atoms with van der Waals surface area (Å²) in [4.78, 5) is 0. The van der Waals surface area contributed by atoms with Crippen molar-refractivity contribution < 1.29 is 0 Å². The number of piperidine rings is 1. The van der Waals surface area contributed by atoms with Crippen LogP contribution in [0.5, 0.6) is 0 Å². The summed E-state index contributed by atoms with van der Waals surface area (Å²) in [6, 6.07) is 1.29. The Morgan fingerprint density at radius 2 is 2.07 bits per heavy atom. The molecule has 0 radical (unpaired) electrons. The van der Waals surface area contributed by atoms with Gasteiger partial charge >= 0.3 is 0 Å². The summed E-state index contributed by atoms with van der Waals surface area (Å²) in [6.07, 6.45) is 2.64. The molecule has 2 heterocycles. The van der Waals surface area contributed by atoms with Crippen LogP contribution < -0.4 is 10.6 Å². The van der Waals surface area contributed by atoms with Crippen molar-refractivity contribution in [2.45, 2.75) is 45.7 Å². The van der Waals surface area contributed by atoms with E-state index in [1.54, 1.807) is 0 Å². The Balaban J connectivity index is 0.000000461.